The van der Waals surface area contributed by atoms with Crippen LogP contribution < -0.4 is 5.73 Å². The van der Waals surface area contributed by atoms with Crippen molar-refractivity contribution in [1.82, 2.24) is 4.90 Å². The number of aliphatic hydroxyl groups is 1. The summed E-state index contributed by atoms with van der Waals surface area (Å²) in [6.45, 7) is 5.25. The van der Waals surface area contributed by atoms with Crippen LogP contribution in [0.2, 0.25) is 0 Å². The maximum Gasteiger partial charge on any atom is 0.222 e. The third-order valence-electron chi connectivity index (χ3n) is 3.35. The Morgan fingerprint density at radius 2 is 1.94 bits per heavy atom. The van der Waals surface area contributed by atoms with Crippen LogP contribution >= 0.6 is 0 Å². The van der Waals surface area contributed by atoms with Crippen LogP contribution in [-0.2, 0) is 4.79 Å². The predicted molar refractivity (Wildman–Crippen MR) is 75.2 cm³/mol. The number of nitrogens with zero attached hydrogens (tertiary/aromatic N) is 1. The van der Waals surface area contributed by atoms with Gasteiger partial charge < -0.3 is 15.7 Å². The largest absolute Gasteiger partial charge is 0.393 e. The van der Waals surface area contributed by atoms with Gasteiger partial charge in [0.1, 0.15) is 0 Å². The molecular weight excluding hydrogens is 228 g/mol. The molecule has 18 heavy (non-hydrogen) atoms. The lowest BCUT2D eigenvalue weighted by Gasteiger charge is -2.20. The van der Waals surface area contributed by atoms with E-state index in [4.69, 9.17) is 5.73 Å². The van der Waals surface area contributed by atoms with Gasteiger partial charge in [-0.3, -0.25) is 4.79 Å². The van der Waals surface area contributed by atoms with Crippen molar-refractivity contribution in [2.75, 3.05) is 20.1 Å². The van der Waals surface area contributed by atoms with Crippen LogP contribution in [0.3, 0.4) is 0 Å². The van der Waals surface area contributed by atoms with Crippen molar-refractivity contribution in [3.8, 4) is 0 Å². The van der Waals surface area contributed by atoms with Crippen LogP contribution in [0, 0.1) is 5.92 Å². The zero-order valence-electron chi connectivity index (χ0n) is 12.2. The Labute approximate surface area is 112 Å². The zero-order valence-corrected chi connectivity index (χ0v) is 12.2. The Morgan fingerprint density at radius 1 is 1.28 bits per heavy atom. The fourth-order valence-corrected chi connectivity index (χ4v) is 2.10. The Kier molecular flexibility index (Phi) is 9.98. The van der Waals surface area contributed by atoms with E-state index in [9.17, 15) is 9.90 Å². The number of rotatable bonds is 10. The minimum absolute atomic E-state index is 0.175. The first-order valence-electron chi connectivity index (χ1n) is 7.13. The summed E-state index contributed by atoms with van der Waals surface area (Å²) in [5.74, 6) is 0.753. The molecular formula is C14H30N2O2. The standard InChI is InChI=1S/C14H30N2O2/c1-4-5-13(8-10-15)6-7-14(18)16(3)11-9-12(2)17/h12-13,17H,4-11,15H2,1-3H3. The van der Waals surface area contributed by atoms with Gasteiger partial charge in [0, 0.05) is 20.0 Å². The topological polar surface area (TPSA) is 66.6 Å². The normalized spacial score (nSPS) is 14.3. The summed E-state index contributed by atoms with van der Waals surface area (Å²) < 4.78 is 0. The summed E-state index contributed by atoms with van der Waals surface area (Å²) in [6, 6.07) is 0. The van der Waals surface area contributed by atoms with Crippen molar-refractivity contribution in [1.29, 1.82) is 0 Å². The maximum absolute atomic E-state index is 11.9. The molecule has 0 spiro atoms. The molecule has 0 aliphatic carbocycles. The van der Waals surface area contributed by atoms with E-state index in [0.29, 0.717) is 31.8 Å². The van der Waals surface area contributed by atoms with Gasteiger partial charge in [0.15, 0.2) is 0 Å². The Hall–Kier alpha value is -0.610. The highest BCUT2D eigenvalue weighted by molar-refractivity contribution is 5.75. The summed E-state index contributed by atoms with van der Waals surface area (Å²) in [5.41, 5.74) is 5.58. The molecule has 0 rings (SSSR count). The summed E-state index contributed by atoms with van der Waals surface area (Å²) >= 11 is 0. The summed E-state index contributed by atoms with van der Waals surface area (Å²) in [4.78, 5) is 13.6. The number of carbonyl (C=O) groups is 1. The molecule has 0 saturated carbocycles. The number of carbonyl (C=O) groups excluding carboxylic acids is 1. The van der Waals surface area contributed by atoms with E-state index in [0.717, 1.165) is 25.7 Å². The number of amides is 1. The highest BCUT2D eigenvalue weighted by Gasteiger charge is 2.13. The molecule has 0 aromatic heterocycles. The van der Waals surface area contributed by atoms with Gasteiger partial charge in [-0.1, -0.05) is 19.8 Å². The summed E-state index contributed by atoms with van der Waals surface area (Å²) in [6.07, 6.45) is 5.15. The van der Waals surface area contributed by atoms with Gasteiger partial charge in [-0.25, -0.2) is 0 Å². The molecule has 0 bridgehead atoms. The predicted octanol–water partition coefficient (Wildman–Crippen LogP) is 1.76. The van der Waals surface area contributed by atoms with Crippen molar-refractivity contribution in [2.45, 2.75) is 58.5 Å². The van der Waals surface area contributed by atoms with Gasteiger partial charge in [0.05, 0.1) is 6.10 Å². The highest BCUT2D eigenvalue weighted by atomic mass is 16.3. The first-order valence-corrected chi connectivity index (χ1v) is 7.13. The lowest BCUT2D eigenvalue weighted by molar-refractivity contribution is -0.130. The van der Waals surface area contributed by atoms with E-state index in [2.05, 4.69) is 6.92 Å². The minimum atomic E-state index is -0.342. The molecule has 2 unspecified atom stereocenters. The van der Waals surface area contributed by atoms with Crippen molar-refractivity contribution in [3.63, 3.8) is 0 Å². The molecule has 3 N–H and O–H groups in total. The Morgan fingerprint density at radius 3 is 2.44 bits per heavy atom. The minimum Gasteiger partial charge on any atom is -0.393 e. The van der Waals surface area contributed by atoms with Crippen LogP contribution in [0.5, 0.6) is 0 Å². The second kappa shape index (κ2) is 10.3. The molecule has 0 radical (unpaired) electrons. The van der Waals surface area contributed by atoms with Crippen LogP contribution in [0.4, 0.5) is 0 Å². The van der Waals surface area contributed by atoms with E-state index in [-0.39, 0.29) is 12.0 Å². The number of nitrogens with two attached hydrogens (primary N) is 1. The first kappa shape index (κ1) is 17.4. The monoisotopic (exact) mass is 258 g/mol. The van der Waals surface area contributed by atoms with E-state index in [1.807, 2.05) is 7.05 Å². The van der Waals surface area contributed by atoms with Crippen molar-refractivity contribution >= 4 is 5.91 Å². The van der Waals surface area contributed by atoms with Gasteiger partial charge in [0.25, 0.3) is 0 Å². The lowest BCUT2D eigenvalue weighted by Crippen LogP contribution is -2.29. The smallest absolute Gasteiger partial charge is 0.222 e. The highest BCUT2D eigenvalue weighted by Crippen LogP contribution is 2.17. The number of hydrogen-bond acceptors (Lipinski definition) is 3. The molecule has 0 saturated heterocycles. The second-order valence-electron chi connectivity index (χ2n) is 5.22. The van der Waals surface area contributed by atoms with Gasteiger partial charge in [-0.05, 0) is 38.6 Å². The molecule has 0 aliphatic rings. The van der Waals surface area contributed by atoms with Crippen LogP contribution in [0.25, 0.3) is 0 Å². The van der Waals surface area contributed by atoms with Crippen molar-refractivity contribution < 1.29 is 9.90 Å². The zero-order chi connectivity index (χ0) is 14.0. The van der Waals surface area contributed by atoms with Gasteiger partial charge >= 0.3 is 0 Å². The molecule has 1 amide bonds. The second-order valence-corrected chi connectivity index (χ2v) is 5.22. The maximum atomic E-state index is 11.9. The Bertz CT molecular complexity index is 214. The van der Waals surface area contributed by atoms with Crippen molar-refractivity contribution in [2.24, 2.45) is 11.7 Å². The molecule has 0 aromatic rings. The number of hydrogen-bond donors (Lipinski definition) is 2. The number of aliphatic hydroxyl groups excluding tert-OH is 1. The molecule has 0 aromatic carbocycles. The van der Waals surface area contributed by atoms with Crippen LogP contribution in [0.1, 0.15) is 52.4 Å². The summed E-state index contributed by atoms with van der Waals surface area (Å²) in [5, 5.41) is 9.19. The molecule has 2 atom stereocenters. The average molecular weight is 258 g/mol. The van der Waals surface area contributed by atoms with Crippen molar-refractivity contribution in [3.05, 3.63) is 0 Å². The quantitative estimate of drug-likeness (QED) is 0.627. The Balaban J connectivity index is 3.90. The van der Waals surface area contributed by atoms with Gasteiger partial charge in [0.2, 0.25) is 5.91 Å². The molecule has 0 fully saturated rings. The molecule has 0 aliphatic heterocycles. The average Bonchev–Trinajstić information content (AvgIpc) is 2.33. The van der Waals surface area contributed by atoms with E-state index < -0.39 is 0 Å². The lowest BCUT2D eigenvalue weighted by atomic mass is 9.94. The first-order chi connectivity index (χ1) is 8.51. The third kappa shape index (κ3) is 8.48. The molecule has 4 nitrogen and oxygen atoms in total. The van der Waals surface area contributed by atoms with Gasteiger partial charge in [-0.2, -0.15) is 0 Å². The van der Waals surface area contributed by atoms with Gasteiger partial charge in [-0.15, -0.1) is 0 Å². The molecule has 4 heteroatoms. The van der Waals surface area contributed by atoms with Crippen LogP contribution in [-0.4, -0.2) is 42.2 Å². The molecule has 108 valence electrons. The summed E-state index contributed by atoms with van der Waals surface area (Å²) in [7, 11) is 1.81. The third-order valence-corrected chi connectivity index (χ3v) is 3.35. The van der Waals surface area contributed by atoms with Crippen LogP contribution in [0.15, 0.2) is 0 Å². The van der Waals surface area contributed by atoms with E-state index >= 15 is 0 Å². The van der Waals surface area contributed by atoms with E-state index in [1.54, 1.807) is 11.8 Å². The fraction of sp³-hybridized carbons (Fsp3) is 0.929. The molecule has 0 heterocycles. The fourth-order valence-electron chi connectivity index (χ4n) is 2.10. The SMILES string of the molecule is CCCC(CCN)CCC(=O)N(C)CCC(C)O. The van der Waals surface area contributed by atoms with E-state index in [1.165, 1.54) is 0 Å².